The highest BCUT2D eigenvalue weighted by Crippen LogP contribution is 2.42. The third kappa shape index (κ3) is 5.28. The Morgan fingerprint density at radius 1 is 1.04 bits per heavy atom. The van der Waals surface area contributed by atoms with Crippen LogP contribution in [0, 0.1) is 19.7 Å². The van der Waals surface area contributed by atoms with E-state index in [9.17, 15) is 4.79 Å². The molecular weight excluding hydrogens is 617 g/mol. The molecule has 2 bridgehead atoms. The Hall–Kier alpha value is -3.64. The summed E-state index contributed by atoms with van der Waals surface area (Å²) in [4.78, 5) is 39.0. The number of hydrogen-bond acceptors (Lipinski definition) is 10. The maximum atomic E-state index is 16.9. The Kier molecular flexibility index (Phi) is 7.32. The predicted molar refractivity (Wildman–Crippen MR) is 181 cm³/mol. The van der Waals surface area contributed by atoms with Crippen LogP contribution >= 0.6 is 11.3 Å². The van der Waals surface area contributed by atoms with Gasteiger partial charge in [-0.1, -0.05) is 6.07 Å². The SMILES string of the molecule is Cc1nc2c(-c3ncc4c(N5CC6CCC(C5)N6C(=O)OC(C)(C)C)nc(OCC56CCCN5CCC6)nc4c3F)c(C)ccc2s1. The minimum absolute atomic E-state index is 0.00614. The number of fused-ring (bicyclic) bond motifs is 5. The second-order valence-electron chi connectivity index (χ2n) is 14.7. The average Bonchev–Trinajstić information content (AvgIpc) is 3.76. The molecule has 0 spiro atoms. The molecule has 1 aromatic carbocycles. The van der Waals surface area contributed by atoms with Gasteiger partial charge in [0.2, 0.25) is 0 Å². The fraction of sp³-hybridized carbons (Fsp3) is 0.571. The van der Waals surface area contributed by atoms with Crippen molar-refractivity contribution in [2.75, 3.05) is 37.7 Å². The van der Waals surface area contributed by atoms with Gasteiger partial charge in [0.25, 0.3) is 0 Å². The highest BCUT2D eigenvalue weighted by Gasteiger charge is 2.46. The second-order valence-corrected chi connectivity index (χ2v) is 16.0. The molecule has 4 saturated heterocycles. The first-order chi connectivity index (χ1) is 22.5. The fourth-order valence-electron chi connectivity index (χ4n) is 8.35. The monoisotopic (exact) mass is 659 g/mol. The normalized spacial score (nSPS) is 22.4. The number of nitrogens with zero attached hydrogens (tertiary/aromatic N) is 7. The first kappa shape index (κ1) is 30.7. The number of piperazine rings is 1. The molecule has 12 heteroatoms. The second kappa shape index (κ2) is 11.2. The van der Waals surface area contributed by atoms with Crippen molar-refractivity contribution in [3.63, 3.8) is 0 Å². The fourth-order valence-corrected chi connectivity index (χ4v) is 9.19. The van der Waals surface area contributed by atoms with Crippen LogP contribution in [0.5, 0.6) is 6.01 Å². The molecule has 0 N–H and O–H groups in total. The van der Waals surface area contributed by atoms with Gasteiger partial charge >= 0.3 is 12.1 Å². The van der Waals surface area contributed by atoms with Crippen molar-refractivity contribution >= 4 is 44.4 Å². The van der Waals surface area contributed by atoms with Gasteiger partial charge in [-0.2, -0.15) is 9.97 Å². The van der Waals surface area contributed by atoms with E-state index in [-0.39, 0.29) is 40.9 Å². The maximum absolute atomic E-state index is 16.9. The first-order valence-electron chi connectivity index (χ1n) is 16.9. The molecule has 3 aromatic heterocycles. The number of aromatic nitrogens is 4. The molecule has 2 atom stereocenters. The molecule has 0 aliphatic carbocycles. The summed E-state index contributed by atoms with van der Waals surface area (Å²) in [6.07, 6.45) is 7.64. The minimum Gasteiger partial charge on any atom is -0.461 e. The van der Waals surface area contributed by atoms with Gasteiger partial charge in [0.15, 0.2) is 5.82 Å². The van der Waals surface area contributed by atoms with Gasteiger partial charge < -0.3 is 14.4 Å². The maximum Gasteiger partial charge on any atom is 0.410 e. The van der Waals surface area contributed by atoms with Crippen molar-refractivity contribution in [1.29, 1.82) is 0 Å². The molecule has 4 aliphatic rings. The number of ether oxygens (including phenoxy) is 2. The molecule has 4 aromatic rings. The Morgan fingerprint density at radius 2 is 1.77 bits per heavy atom. The number of carbonyl (C=O) groups excluding carboxylic acids is 1. The van der Waals surface area contributed by atoms with Crippen molar-refractivity contribution in [2.24, 2.45) is 0 Å². The number of halogens is 1. The lowest BCUT2D eigenvalue weighted by Gasteiger charge is -2.42. The molecule has 0 radical (unpaired) electrons. The van der Waals surface area contributed by atoms with Gasteiger partial charge in [-0.3, -0.25) is 14.8 Å². The summed E-state index contributed by atoms with van der Waals surface area (Å²) >= 11 is 1.59. The lowest BCUT2D eigenvalue weighted by atomic mass is 9.95. The van der Waals surface area contributed by atoms with Crippen LogP contribution in [0.15, 0.2) is 18.3 Å². The summed E-state index contributed by atoms with van der Waals surface area (Å²) < 4.78 is 30.1. The summed E-state index contributed by atoms with van der Waals surface area (Å²) in [5.41, 5.74) is 2.17. The van der Waals surface area contributed by atoms with Crippen molar-refractivity contribution in [3.05, 3.63) is 34.7 Å². The third-order valence-corrected chi connectivity index (χ3v) is 11.4. The number of amides is 1. The van der Waals surface area contributed by atoms with Crippen LogP contribution in [0.3, 0.4) is 0 Å². The molecule has 4 aliphatic heterocycles. The summed E-state index contributed by atoms with van der Waals surface area (Å²) in [5, 5.41) is 1.45. The largest absolute Gasteiger partial charge is 0.461 e. The smallest absolute Gasteiger partial charge is 0.410 e. The topological polar surface area (TPSA) is 96.8 Å². The Bertz CT molecular complexity index is 1870. The van der Waals surface area contributed by atoms with Crippen LogP contribution in [-0.2, 0) is 4.74 Å². The molecule has 2 unspecified atom stereocenters. The Labute approximate surface area is 278 Å². The van der Waals surface area contributed by atoms with Crippen LogP contribution < -0.4 is 9.64 Å². The number of hydrogen-bond donors (Lipinski definition) is 0. The third-order valence-electron chi connectivity index (χ3n) is 10.4. The zero-order chi connectivity index (χ0) is 32.7. The predicted octanol–water partition coefficient (Wildman–Crippen LogP) is 6.65. The Morgan fingerprint density at radius 3 is 2.47 bits per heavy atom. The average molecular weight is 660 g/mol. The lowest BCUT2D eigenvalue weighted by molar-refractivity contribution is 0.0122. The summed E-state index contributed by atoms with van der Waals surface area (Å²) in [6.45, 7) is 13.3. The Balaban J connectivity index is 1.20. The summed E-state index contributed by atoms with van der Waals surface area (Å²) in [7, 11) is 0. The van der Waals surface area contributed by atoms with Gasteiger partial charge in [-0.25, -0.2) is 14.2 Å². The summed E-state index contributed by atoms with van der Waals surface area (Å²) in [6, 6.07) is 4.14. The van der Waals surface area contributed by atoms with E-state index >= 15 is 4.39 Å². The van der Waals surface area contributed by atoms with Crippen molar-refractivity contribution in [3.8, 4) is 17.3 Å². The number of rotatable bonds is 5. The molecule has 1 amide bonds. The van der Waals surface area contributed by atoms with Crippen molar-refractivity contribution in [1.82, 2.24) is 29.7 Å². The molecule has 47 heavy (non-hydrogen) atoms. The van der Waals surface area contributed by atoms with Gasteiger partial charge in [0, 0.05) is 24.8 Å². The van der Waals surface area contributed by atoms with E-state index in [1.165, 1.54) is 0 Å². The van der Waals surface area contributed by atoms with Crippen LogP contribution in [0.2, 0.25) is 0 Å². The van der Waals surface area contributed by atoms with Crippen LogP contribution in [0.4, 0.5) is 15.0 Å². The van der Waals surface area contributed by atoms with Gasteiger partial charge in [-0.05, 0) is 97.9 Å². The lowest BCUT2D eigenvalue weighted by Crippen LogP contribution is -2.57. The number of carbonyl (C=O) groups is 1. The number of thiazole rings is 1. The van der Waals surface area contributed by atoms with E-state index in [1.807, 2.05) is 51.7 Å². The molecule has 10 nitrogen and oxygen atoms in total. The molecular formula is C35H42FN7O3S. The quantitative estimate of drug-likeness (QED) is 0.233. The van der Waals surface area contributed by atoms with Crippen LogP contribution in [0.1, 0.15) is 69.9 Å². The van der Waals surface area contributed by atoms with Gasteiger partial charge in [0.1, 0.15) is 29.2 Å². The highest BCUT2D eigenvalue weighted by atomic mass is 32.1. The molecule has 0 saturated carbocycles. The van der Waals surface area contributed by atoms with Gasteiger partial charge in [0.05, 0.1) is 38.2 Å². The zero-order valence-electron chi connectivity index (χ0n) is 27.8. The van der Waals surface area contributed by atoms with E-state index < -0.39 is 11.4 Å². The first-order valence-corrected chi connectivity index (χ1v) is 17.7. The van der Waals surface area contributed by atoms with Gasteiger partial charge in [-0.15, -0.1) is 11.3 Å². The molecule has 7 heterocycles. The standard InChI is InChI=1S/C35H42FN7O3S/c1-20-8-11-25-29(38-21(2)47-25)26(20)30-27(36)28-24(16-37-30)31(40-32(39-28)45-19-35-12-6-14-42(35)15-7-13-35)41-17-22-9-10-23(18-41)43(22)33(44)46-34(3,4)5/h8,11,16,22-23H,6-7,9-10,12-15,17-19H2,1-5H3. The molecule has 248 valence electrons. The number of benzene rings is 1. The van der Waals surface area contributed by atoms with E-state index in [2.05, 4.69) is 9.80 Å². The van der Waals surface area contributed by atoms with E-state index in [1.54, 1.807) is 17.5 Å². The van der Waals surface area contributed by atoms with Crippen LogP contribution in [0.25, 0.3) is 32.4 Å². The number of pyridine rings is 1. The number of anilines is 1. The summed E-state index contributed by atoms with van der Waals surface area (Å²) in [5.74, 6) is 0.0875. The van der Waals surface area contributed by atoms with E-state index in [0.29, 0.717) is 36.5 Å². The van der Waals surface area contributed by atoms with Crippen LogP contribution in [-0.4, -0.2) is 91.8 Å². The number of aryl methyl sites for hydroxylation is 2. The zero-order valence-corrected chi connectivity index (χ0v) is 28.6. The van der Waals surface area contributed by atoms with E-state index in [4.69, 9.17) is 29.4 Å². The molecule has 8 rings (SSSR count). The van der Waals surface area contributed by atoms with Crippen molar-refractivity contribution < 1.29 is 18.7 Å². The van der Waals surface area contributed by atoms with E-state index in [0.717, 1.165) is 72.4 Å². The van der Waals surface area contributed by atoms with Crippen molar-refractivity contribution in [2.45, 2.75) is 96.4 Å². The highest BCUT2D eigenvalue weighted by molar-refractivity contribution is 7.18. The minimum atomic E-state index is -0.572. The molecule has 4 fully saturated rings.